The van der Waals surface area contributed by atoms with Gasteiger partial charge in [-0.1, -0.05) is 23.2 Å². The van der Waals surface area contributed by atoms with Crippen molar-refractivity contribution in [3.05, 3.63) is 58.1 Å². The number of anilines is 1. The monoisotopic (exact) mass is 342 g/mol. The molecule has 0 bridgehead atoms. The fourth-order valence-corrected chi connectivity index (χ4v) is 1.88. The Labute approximate surface area is 135 Å². The van der Waals surface area contributed by atoms with Gasteiger partial charge in [-0.2, -0.15) is 0 Å². The van der Waals surface area contributed by atoms with Gasteiger partial charge >= 0.3 is 5.97 Å². The number of ether oxygens (including phenoxy) is 1. The second kappa shape index (κ2) is 7.20. The number of nitrogens with zero attached hydrogens (tertiary/aromatic N) is 1. The van der Waals surface area contributed by atoms with Gasteiger partial charge in [0.05, 0.1) is 11.3 Å². The highest BCUT2D eigenvalue weighted by Gasteiger charge is 2.15. The Kier molecular flexibility index (Phi) is 5.30. The Morgan fingerprint density at radius 1 is 1.27 bits per heavy atom. The van der Waals surface area contributed by atoms with E-state index in [1.54, 1.807) is 0 Å². The molecule has 5 nitrogen and oxygen atoms in total. The molecule has 0 unspecified atom stereocenters. The van der Waals surface area contributed by atoms with Gasteiger partial charge in [0.25, 0.3) is 5.91 Å². The molecule has 1 N–H and O–H groups in total. The van der Waals surface area contributed by atoms with Crippen LogP contribution in [0.2, 0.25) is 10.2 Å². The van der Waals surface area contributed by atoms with Gasteiger partial charge in [0, 0.05) is 11.2 Å². The number of carbonyl (C=O) groups is 2. The maximum absolute atomic E-state index is 13.5. The van der Waals surface area contributed by atoms with E-state index in [1.165, 1.54) is 30.5 Å². The summed E-state index contributed by atoms with van der Waals surface area (Å²) in [6.45, 7) is -0.591. The fourth-order valence-electron chi connectivity index (χ4n) is 1.52. The van der Waals surface area contributed by atoms with Gasteiger partial charge in [-0.05, 0) is 30.3 Å². The molecule has 0 fully saturated rings. The van der Waals surface area contributed by atoms with Crippen molar-refractivity contribution in [3.63, 3.8) is 0 Å². The van der Waals surface area contributed by atoms with Crippen molar-refractivity contribution < 1.29 is 18.7 Å². The molecule has 0 radical (unpaired) electrons. The molecule has 0 aliphatic rings. The number of hydrogen-bond donors (Lipinski definition) is 1. The summed E-state index contributed by atoms with van der Waals surface area (Å²) in [5.41, 5.74) is -0.0282. The number of rotatable bonds is 4. The number of nitrogens with one attached hydrogen (secondary N) is 1. The van der Waals surface area contributed by atoms with Crippen LogP contribution in [0.15, 0.2) is 36.5 Å². The quantitative estimate of drug-likeness (QED) is 0.683. The molecule has 8 heteroatoms. The molecule has 1 aromatic carbocycles. The zero-order chi connectivity index (χ0) is 16.1. The lowest BCUT2D eigenvalue weighted by molar-refractivity contribution is -0.119. The van der Waals surface area contributed by atoms with Gasteiger partial charge in [-0.3, -0.25) is 4.79 Å². The van der Waals surface area contributed by atoms with Crippen LogP contribution >= 0.6 is 23.2 Å². The van der Waals surface area contributed by atoms with Crippen LogP contribution in [0, 0.1) is 5.82 Å². The number of amides is 1. The first-order valence-electron chi connectivity index (χ1n) is 6.00. The number of pyridine rings is 1. The molecular weight excluding hydrogens is 334 g/mol. The summed E-state index contributed by atoms with van der Waals surface area (Å²) in [7, 11) is 0. The van der Waals surface area contributed by atoms with E-state index in [1.807, 2.05) is 0 Å². The zero-order valence-electron chi connectivity index (χ0n) is 11.0. The van der Waals surface area contributed by atoms with E-state index in [2.05, 4.69) is 10.3 Å². The van der Waals surface area contributed by atoms with Crippen LogP contribution in [-0.4, -0.2) is 23.5 Å². The first-order chi connectivity index (χ1) is 10.5. The van der Waals surface area contributed by atoms with Gasteiger partial charge in [0.1, 0.15) is 11.0 Å². The molecule has 0 spiro atoms. The molecule has 0 aliphatic carbocycles. The third kappa shape index (κ3) is 4.16. The Morgan fingerprint density at radius 2 is 2.05 bits per heavy atom. The van der Waals surface area contributed by atoms with Gasteiger partial charge in [-0.25, -0.2) is 14.2 Å². The van der Waals surface area contributed by atoms with Gasteiger partial charge in [0.2, 0.25) is 0 Å². The second-order valence-electron chi connectivity index (χ2n) is 4.09. The average molecular weight is 343 g/mol. The molecule has 1 aromatic heterocycles. The predicted molar refractivity (Wildman–Crippen MR) is 79.6 cm³/mol. The minimum atomic E-state index is -0.801. The maximum atomic E-state index is 13.5. The van der Waals surface area contributed by atoms with E-state index >= 15 is 0 Å². The van der Waals surface area contributed by atoms with E-state index in [9.17, 15) is 14.0 Å². The Hall–Kier alpha value is -2.18. The summed E-state index contributed by atoms with van der Waals surface area (Å²) < 4.78 is 18.3. The Balaban J connectivity index is 1.93. The lowest BCUT2D eigenvalue weighted by Crippen LogP contribution is -2.21. The highest BCUT2D eigenvalue weighted by molar-refractivity contribution is 6.32. The van der Waals surface area contributed by atoms with Gasteiger partial charge < -0.3 is 10.1 Å². The molecule has 0 aliphatic heterocycles. The van der Waals surface area contributed by atoms with Crippen LogP contribution in [0.5, 0.6) is 0 Å². The van der Waals surface area contributed by atoms with Crippen LogP contribution in [0.25, 0.3) is 0 Å². The van der Waals surface area contributed by atoms with Crippen LogP contribution in [0.1, 0.15) is 10.4 Å². The normalized spacial score (nSPS) is 10.1. The highest BCUT2D eigenvalue weighted by Crippen LogP contribution is 2.19. The van der Waals surface area contributed by atoms with Crippen LogP contribution in [-0.2, 0) is 9.53 Å². The minimum absolute atomic E-state index is 0.0309. The fraction of sp³-hybridized carbons (Fsp3) is 0.0714. The summed E-state index contributed by atoms with van der Waals surface area (Å²) in [6.07, 6.45) is 1.41. The van der Waals surface area contributed by atoms with Gasteiger partial charge in [-0.15, -0.1) is 0 Å². The number of carbonyl (C=O) groups excluding carboxylic acids is 2. The third-order valence-electron chi connectivity index (χ3n) is 2.52. The summed E-state index contributed by atoms with van der Waals surface area (Å²) in [6, 6.07) is 6.69. The largest absolute Gasteiger partial charge is 0.452 e. The molecule has 2 rings (SSSR count). The van der Waals surface area contributed by atoms with Crippen molar-refractivity contribution in [2.45, 2.75) is 0 Å². The number of hydrogen-bond acceptors (Lipinski definition) is 4. The van der Waals surface area contributed by atoms with Gasteiger partial charge in [0.15, 0.2) is 6.61 Å². The molecule has 0 saturated heterocycles. The standard InChI is InChI=1S/C14H9Cl2FN2O3/c15-8-3-4-11(10(17)6-8)19-12(20)7-22-14(21)9-2-1-5-18-13(9)16/h1-6H,7H2,(H,19,20). The number of halogens is 3. The predicted octanol–water partition coefficient (Wildman–Crippen LogP) is 3.32. The van der Waals surface area contributed by atoms with E-state index < -0.39 is 24.3 Å². The zero-order valence-corrected chi connectivity index (χ0v) is 12.5. The Bertz CT molecular complexity index is 725. The first-order valence-corrected chi connectivity index (χ1v) is 6.75. The second-order valence-corrected chi connectivity index (χ2v) is 4.88. The minimum Gasteiger partial charge on any atom is -0.452 e. The van der Waals surface area contributed by atoms with Crippen molar-refractivity contribution in [3.8, 4) is 0 Å². The summed E-state index contributed by atoms with van der Waals surface area (Å²) in [4.78, 5) is 27.1. The van der Waals surface area contributed by atoms with E-state index in [0.29, 0.717) is 0 Å². The molecular formula is C14H9Cl2FN2O3. The van der Waals surface area contributed by atoms with Crippen molar-refractivity contribution >= 4 is 40.8 Å². The molecule has 2 aromatic rings. The molecule has 1 heterocycles. The van der Waals surface area contributed by atoms with Crippen LogP contribution in [0.3, 0.4) is 0 Å². The lowest BCUT2D eigenvalue weighted by Gasteiger charge is -2.08. The number of esters is 1. The highest BCUT2D eigenvalue weighted by atomic mass is 35.5. The SMILES string of the molecule is O=C(COC(=O)c1cccnc1Cl)Nc1ccc(Cl)cc1F. The lowest BCUT2D eigenvalue weighted by atomic mass is 10.3. The third-order valence-corrected chi connectivity index (χ3v) is 3.05. The summed E-state index contributed by atoms with van der Waals surface area (Å²) in [5, 5.41) is 2.43. The Morgan fingerprint density at radius 3 is 2.73 bits per heavy atom. The van der Waals surface area contributed by atoms with E-state index in [4.69, 9.17) is 27.9 Å². The summed E-state index contributed by atoms with van der Waals surface area (Å²) in [5.74, 6) is -2.19. The summed E-state index contributed by atoms with van der Waals surface area (Å²) >= 11 is 11.3. The first kappa shape index (κ1) is 16.2. The van der Waals surface area contributed by atoms with Crippen molar-refractivity contribution in [2.24, 2.45) is 0 Å². The van der Waals surface area contributed by atoms with E-state index in [-0.39, 0.29) is 21.4 Å². The van der Waals surface area contributed by atoms with Crippen molar-refractivity contribution in [1.82, 2.24) is 4.98 Å². The molecule has 0 atom stereocenters. The maximum Gasteiger partial charge on any atom is 0.341 e. The van der Waals surface area contributed by atoms with Crippen molar-refractivity contribution in [1.29, 1.82) is 0 Å². The van der Waals surface area contributed by atoms with Crippen molar-refractivity contribution in [2.75, 3.05) is 11.9 Å². The molecule has 22 heavy (non-hydrogen) atoms. The number of aromatic nitrogens is 1. The van der Waals surface area contributed by atoms with E-state index in [0.717, 1.165) is 6.07 Å². The average Bonchev–Trinajstić information content (AvgIpc) is 2.48. The number of benzene rings is 1. The van der Waals surface area contributed by atoms with Crippen LogP contribution < -0.4 is 5.32 Å². The molecule has 114 valence electrons. The molecule has 0 saturated carbocycles. The molecule has 1 amide bonds. The van der Waals surface area contributed by atoms with Crippen LogP contribution in [0.4, 0.5) is 10.1 Å². The smallest absolute Gasteiger partial charge is 0.341 e. The topological polar surface area (TPSA) is 68.3 Å².